The van der Waals surface area contributed by atoms with E-state index in [1.807, 2.05) is 0 Å². The zero-order valence-corrected chi connectivity index (χ0v) is 22.1. The molecule has 3 atom stereocenters. The average molecular weight is 485 g/mol. The highest BCUT2D eigenvalue weighted by Gasteiger charge is 2.56. The monoisotopic (exact) mass is 484 g/mol. The van der Waals surface area contributed by atoms with Crippen molar-refractivity contribution in [2.24, 2.45) is 17.1 Å². The zero-order valence-electron chi connectivity index (χ0n) is 22.1. The number of carbonyl (C=O) groups is 1. The molecule has 0 radical (unpaired) electrons. The van der Waals surface area contributed by atoms with Crippen molar-refractivity contribution in [3.05, 3.63) is 83.9 Å². The molecule has 3 heteroatoms. The van der Waals surface area contributed by atoms with Gasteiger partial charge in [-0.15, -0.1) is 0 Å². The van der Waals surface area contributed by atoms with Crippen LogP contribution in [0.3, 0.4) is 0 Å². The highest BCUT2D eigenvalue weighted by molar-refractivity contribution is 5.90. The molecule has 3 N–H and O–H groups in total. The number of hydrogen-bond donors (Lipinski definition) is 2. The summed E-state index contributed by atoms with van der Waals surface area (Å²) >= 11 is 0. The van der Waals surface area contributed by atoms with Crippen LogP contribution in [0.5, 0.6) is 0 Å². The van der Waals surface area contributed by atoms with E-state index >= 15 is 0 Å². The predicted molar refractivity (Wildman–Crippen MR) is 152 cm³/mol. The summed E-state index contributed by atoms with van der Waals surface area (Å²) in [6, 6.07) is 22.5. The van der Waals surface area contributed by atoms with Gasteiger partial charge in [0.25, 0.3) is 0 Å². The lowest BCUT2D eigenvalue weighted by atomic mass is 9.66. The number of hydrogen-bond acceptors (Lipinski definition) is 2. The Labute approximate surface area is 218 Å². The van der Waals surface area contributed by atoms with Crippen LogP contribution in [-0.2, 0) is 4.79 Å². The van der Waals surface area contributed by atoms with Crippen LogP contribution >= 0.6 is 0 Å². The van der Waals surface area contributed by atoms with E-state index in [1.54, 1.807) is 11.1 Å². The molecule has 3 unspecified atom stereocenters. The molecule has 1 fully saturated rings. The molecule has 0 aromatic heterocycles. The lowest BCUT2D eigenvalue weighted by molar-refractivity contribution is -0.118. The van der Waals surface area contributed by atoms with Crippen LogP contribution in [0.4, 0.5) is 0 Å². The number of fused-ring (bicyclic) bond motifs is 1. The number of unbranched alkanes of at least 4 members (excludes halogenated alkanes) is 6. The lowest BCUT2D eigenvalue weighted by Crippen LogP contribution is -2.35. The molecular formula is C33H44N2O. The summed E-state index contributed by atoms with van der Waals surface area (Å²) in [6.07, 6.45) is 13.6. The van der Waals surface area contributed by atoms with Gasteiger partial charge in [-0.1, -0.05) is 105 Å². The summed E-state index contributed by atoms with van der Waals surface area (Å²) in [7, 11) is 2.13. The van der Waals surface area contributed by atoms with Gasteiger partial charge in [-0.05, 0) is 73.8 Å². The van der Waals surface area contributed by atoms with Crippen molar-refractivity contribution in [3.8, 4) is 0 Å². The fourth-order valence-corrected chi connectivity index (χ4v) is 7.01. The van der Waals surface area contributed by atoms with Crippen LogP contribution < -0.4 is 11.1 Å². The topological polar surface area (TPSA) is 55.1 Å². The van der Waals surface area contributed by atoms with E-state index in [-0.39, 0.29) is 11.3 Å². The Hall–Kier alpha value is -2.65. The van der Waals surface area contributed by atoms with E-state index in [1.165, 1.54) is 68.1 Å². The molecule has 0 spiro atoms. The van der Waals surface area contributed by atoms with Crippen LogP contribution in [0.2, 0.25) is 0 Å². The third-order valence-corrected chi connectivity index (χ3v) is 8.73. The first kappa shape index (κ1) is 26.4. The minimum Gasteiger partial charge on any atom is -0.370 e. The molecule has 2 aromatic carbocycles. The molecule has 4 rings (SSSR count). The van der Waals surface area contributed by atoms with E-state index < -0.39 is 0 Å². The highest BCUT2D eigenvalue weighted by Crippen LogP contribution is 2.66. The minimum atomic E-state index is -0.174. The fraction of sp³-hybridized carbons (Fsp3) is 0.485. The minimum absolute atomic E-state index is 0.00609. The summed E-state index contributed by atoms with van der Waals surface area (Å²) in [5.41, 5.74) is 12.5. The number of nitrogens with one attached hydrogen (secondary N) is 1. The Bertz CT molecular complexity index is 1040. The van der Waals surface area contributed by atoms with E-state index in [0.717, 1.165) is 19.3 Å². The number of allylic oxidation sites excluding steroid dienone is 3. The van der Waals surface area contributed by atoms with Crippen LogP contribution in [0, 0.1) is 11.3 Å². The molecular weight excluding hydrogens is 440 g/mol. The van der Waals surface area contributed by atoms with Crippen molar-refractivity contribution in [2.45, 2.75) is 83.1 Å². The normalized spacial score (nSPS) is 23.1. The second-order valence-corrected chi connectivity index (χ2v) is 10.8. The van der Waals surface area contributed by atoms with Crippen LogP contribution in [0.1, 0.15) is 88.2 Å². The van der Waals surface area contributed by atoms with E-state index in [9.17, 15) is 4.79 Å². The fourth-order valence-electron chi connectivity index (χ4n) is 7.01. The molecule has 0 heterocycles. The molecule has 36 heavy (non-hydrogen) atoms. The molecule has 192 valence electrons. The van der Waals surface area contributed by atoms with Gasteiger partial charge in [0.15, 0.2) is 0 Å². The first-order valence-corrected chi connectivity index (χ1v) is 14.1. The predicted octanol–water partition coefficient (Wildman–Crippen LogP) is 7.54. The van der Waals surface area contributed by atoms with E-state index in [4.69, 9.17) is 12.3 Å². The maximum atomic E-state index is 10.9. The van der Waals surface area contributed by atoms with Crippen molar-refractivity contribution in [3.63, 3.8) is 0 Å². The molecule has 0 saturated heterocycles. The SMILES string of the molecule is C=C(c1ccccc1)C12CCC(NC)C1CC(CCCCCCCCCC(N)=O)=C2c1ccccc1. The molecule has 1 saturated carbocycles. The van der Waals surface area contributed by atoms with Gasteiger partial charge in [0.05, 0.1) is 0 Å². The third-order valence-electron chi connectivity index (χ3n) is 8.73. The summed E-state index contributed by atoms with van der Waals surface area (Å²) in [5.74, 6) is 0.387. The zero-order chi connectivity index (χ0) is 25.4. The Morgan fingerprint density at radius 3 is 2.19 bits per heavy atom. The van der Waals surface area contributed by atoms with Crippen molar-refractivity contribution in [1.29, 1.82) is 0 Å². The lowest BCUT2D eigenvalue weighted by Gasteiger charge is -2.37. The van der Waals surface area contributed by atoms with Crippen LogP contribution in [0.15, 0.2) is 72.8 Å². The van der Waals surface area contributed by atoms with Gasteiger partial charge in [-0.3, -0.25) is 4.79 Å². The summed E-state index contributed by atoms with van der Waals surface area (Å²) < 4.78 is 0. The number of primary amides is 1. The number of nitrogens with two attached hydrogens (primary N) is 1. The quantitative estimate of drug-likeness (QED) is 0.272. The molecule has 2 aliphatic carbocycles. The van der Waals surface area contributed by atoms with Crippen molar-refractivity contribution >= 4 is 17.1 Å². The number of carbonyl (C=O) groups excluding carboxylic acids is 1. The molecule has 2 aromatic rings. The van der Waals surface area contributed by atoms with Crippen molar-refractivity contribution < 1.29 is 4.79 Å². The molecule has 0 bridgehead atoms. The first-order chi connectivity index (χ1) is 17.6. The smallest absolute Gasteiger partial charge is 0.217 e. The second kappa shape index (κ2) is 12.5. The molecule has 1 amide bonds. The maximum absolute atomic E-state index is 10.9. The Morgan fingerprint density at radius 1 is 0.944 bits per heavy atom. The molecule has 0 aliphatic heterocycles. The van der Waals surface area contributed by atoms with Gasteiger partial charge in [0.2, 0.25) is 5.91 Å². The molecule has 3 nitrogen and oxygen atoms in total. The summed E-state index contributed by atoms with van der Waals surface area (Å²) in [4.78, 5) is 10.9. The van der Waals surface area contributed by atoms with Crippen LogP contribution in [-0.4, -0.2) is 19.0 Å². The van der Waals surface area contributed by atoms with Crippen LogP contribution in [0.25, 0.3) is 11.1 Å². The van der Waals surface area contributed by atoms with E-state index in [2.05, 4.69) is 73.0 Å². The third kappa shape index (κ3) is 5.67. The van der Waals surface area contributed by atoms with E-state index in [0.29, 0.717) is 18.4 Å². The van der Waals surface area contributed by atoms with Crippen molar-refractivity contribution in [2.75, 3.05) is 7.05 Å². The largest absolute Gasteiger partial charge is 0.370 e. The molecule has 2 aliphatic rings. The first-order valence-electron chi connectivity index (χ1n) is 14.1. The van der Waals surface area contributed by atoms with Gasteiger partial charge in [-0.25, -0.2) is 0 Å². The Balaban J connectivity index is 1.52. The summed E-state index contributed by atoms with van der Waals surface area (Å²) in [6.45, 7) is 4.78. The average Bonchev–Trinajstić information content (AvgIpc) is 3.42. The van der Waals surface area contributed by atoms with Crippen molar-refractivity contribution in [1.82, 2.24) is 5.32 Å². The Kier molecular flexibility index (Phi) is 9.20. The highest BCUT2D eigenvalue weighted by atomic mass is 16.1. The Morgan fingerprint density at radius 2 is 1.56 bits per heavy atom. The second-order valence-electron chi connectivity index (χ2n) is 10.8. The summed E-state index contributed by atoms with van der Waals surface area (Å²) in [5, 5.41) is 3.67. The number of benzene rings is 2. The number of rotatable bonds is 14. The van der Waals surface area contributed by atoms with Gasteiger partial charge >= 0.3 is 0 Å². The maximum Gasteiger partial charge on any atom is 0.217 e. The van der Waals surface area contributed by atoms with Gasteiger partial charge in [0.1, 0.15) is 0 Å². The standard InChI is InChI=1S/C33H44N2O/c1-25(26-16-11-8-12-17-26)33-23-22-30(35-2)29(33)24-28(32(33)27-18-13-9-14-19-27)20-10-6-4-3-5-7-15-21-31(34)36/h8-9,11-14,16-19,29-30,35H,1,3-7,10,15,20-24H2,2H3,(H2,34,36). The van der Waals surface area contributed by atoms with Gasteiger partial charge < -0.3 is 11.1 Å². The number of amides is 1. The van der Waals surface area contributed by atoms with Gasteiger partial charge in [0, 0.05) is 17.9 Å². The van der Waals surface area contributed by atoms with Gasteiger partial charge in [-0.2, -0.15) is 0 Å².